The molecule has 4 nitrogen and oxygen atoms in total. The van der Waals surface area contributed by atoms with Crippen molar-refractivity contribution < 1.29 is 9.47 Å². The van der Waals surface area contributed by atoms with Gasteiger partial charge in [0.05, 0.1) is 0 Å². The lowest BCUT2D eigenvalue weighted by molar-refractivity contribution is -0.0716. The van der Waals surface area contributed by atoms with Gasteiger partial charge >= 0.3 is 0 Å². The molecule has 5 heteroatoms. The summed E-state index contributed by atoms with van der Waals surface area (Å²) in [6.45, 7) is 5.32. The fourth-order valence-electron chi connectivity index (χ4n) is 3.51. The number of nitrogens with one attached hydrogen (secondary N) is 1. The maximum Gasteiger partial charge on any atom is 0.251 e. The zero-order valence-corrected chi connectivity index (χ0v) is 13.7. The van der Waals surface area contributed by atoms with E-state index in [2.05, 4.69) is 38.3 Å². The van der Waals surface area contributed by atoms with Crippen LogP contribution in [0.25, 0.3) is 0 Å². The number of ether oxygens (including phenoxy) is 2. The Bertz CT molecular complexity index is 537. The van der Waals surface area contributed by atoms with Gasteiger partial charge in [-0.15, -0.1) is 0 Å². The topological polar surface area (TPSA) is 33.7 Å². The van der Waals surface area contributed by atoms with Crippen molar-refractivity contribution in [1.29, 1.82) is 0 Å². The van der Waals surface area contributed by atoms with Crippen LogP contribution < -0.4 is 14.8 Å². The summed E-state index contributed by atoms with van der Waals surface area (Å²) in [5.74, 6) is 1.45. The molecule has 0 atom stereocenters. The number of nitrogens with zero attached hydrogens (tertiary/aromatic N) is 1. The summed E-state index contributed by atoms with van der Waals surface area (Å²) in [6.07, 6.45) is 4.41. The molecule has 2 fully saturated rings. The average Bonchev–Trinajstić information content (AvgIpc) is 3.07. The molecule has 3 aliphatic rings. The highest BCUT2D eigenvalue weighted by Gasteiger charge is 2.44. The molecule has 0 unspecified atom stereocenters. The molecule has 1 aromatic carbocycles. The lowest BCUT2D eigenvalue weighted by Crippen LogP contribution is -2.42. The molecule has 1 saturated carbocycles. The predicted octanol–water partition coefficient (Wildman–Crippen LogP) is 2.90. The SMILES string of the molecule is Brc1cc2c(cc1CN1CCNCC1)OC1(CCCC1)O2. The molecule has 1 N–H and O–H groups in total. The summed E-state index contributed by atoms with van der Waals surface area (Å²) in [6, 6.07) is 4.24. The normalized spacial score (nSPS) is 23.9. The minimum atomic E-state index is -0.366. The van der Waals surface area contributed by atoms with Crippen molar-refractivity contribution in [3.63, 3.8) is 0 Å². The highest BCUT2D eigenvalue weighted by Crippen LogP contribution is 2.48. The van der Waals surface area contributed by atoms with Crippen LogP contribution in [0.5, 0.6) is 11.5 Å². The number of hydrogen-bond acceptors (Lipinski definition) is 4. The van der Waals surface area contributed by atoms with E-state index < -0.39 is 0 Å². The first kappa shape index (κ1) is 13.9. The van der Waals surface area contributed by atoms with E-state index in [1.807, 2.05) is 0 Å². The minimum Gasteiger partial charge on any atom is -0.448 e. The molecule has 0 aromatic heterocycles. The zero-order valence-electron chi connectivity index (χ0n) is 12.2. The second-order valence-corrected chi connectivity index (χ2v) is 7.09. The standard InChI is InChI=1S/C16H21BrN2O2/c17-13-10-15-14(20-16(21-15)3-1-2-4-16)9-12(13)11-19-7-5-18-6-8-19/h9-10,18H,1-8,11H2. The first-order valence-electron chi connectivity index (χ1n) is 7.88. The highest BCUT2D eigenvalue weighted by atomic mass is 79.9. The Hall–Kier alpha value is -0.780. The Morgan fingerprint density at radius 3 is 2.48 bits per heavy atom. The van der Waals surface area contributed by atoms with Crippen LogP contribution >= 0.6 is 15.9 Å². The van der Waals surface area contributed by atoms with E-state index in [1.54, 1.807) is 0 Å². The summed E-state index contributed by atoms with van der Waals surface area (Å²) in [5, 5.41) is 3.39. The van der Waals surface area contributed by atoms with Crippen molar-refractivity contribution in [2.75, 3.05) is 26.2 Å². The van der Waals surface area contributed by atoms with Crippen molar-refractivity contribution in [1.82, 2.24) is 10.2 Å². The van der Waals surface area contributed by atoms with Gasteiger partial charge in [-0.1, -0.05) is 15.9 Å². The maximum atomic E-state index is 6.17. The zero-order chi connectivity index (χ0) is 14.3. The van der Waals surface area contributed by atoms with Crippen molar-refractivity contribution in [2.45, 2.75) is 38.0 Å². The summed E-state index contributed by atoms with van der Waals surface area (Å²) < 4.78 is 13.4. The summed E-state index contributed by atoms with van der Waals surface area (Å²) in [4.78, 5) is 2.48. The van der Waals surface area contributed by atoms with Crippen LogP contribution in [0.15, 0.2) is 16.6 Å². The molecule has 2 heterocycles. The first-order chi connectivity index (χ1) is 10.2. The molecule has 114 valence electrons. The molecule has 1 aliphatic carbocycles. The Morgan fingerprint density at radius 1 is 1.10 bits per heavy atom. The highest BCUT2D eigenvalue weighted by molar-refractivity contribution is 9.10. The number of rotatable bonds is 2. The Kier molecular flexibility index (Phi) is 3.59. The molecule has 0 radical (unpaired) electrons. The van der Waals surface area contributed by atoms with Crippen molar-refractivity contribution >= 4 is 15.9 Å². The Morgan fingerprint density at radius 2 is 1.76 bits per heavy atom. The lowest BCUT2D eigenvalue weighted by atomic mass is 10.2. The largest absolute Gasteiger partial charge is 0.448 e. The van der Waals surface area contributed by atoms with Gasteiger partial charge in [-0.25, -0.2) is 0 Å². The molecule has 21 heavy (non-hydrogen) atoms. The number of hydrogen-bond donors (Lipinski definition) is 1. The van der Waals surface area contributed by atoms with Crippen LogP contribution in [0.1, 0.15) is 31.2 Å². The van der Waals surface area contributed by atoms with E-state index >= 15 is 0 Å². The second kappa shape index (κ2) is 5.45. The Labute approximate surface area is 133 Å². The minimum absolute atomic E-state index is 0.366. The third-order valence-electron chi connectivity index (χ3n) is 4.67. The summed E-state index contributed by atoms with van der Waals surface area (Å²) in [7, 11) is 0. The smallest absolute Gasteiger partial charge is 0.251 e. The van der Waals surface area contributed by atoms with Gasteiger partial charge in [0.2, 0.25) is 0 Å². The molecule has 1 saturated heterocycles. The van der Waals surface area contributed by atoms with E-state index in [0.717, 1.165) is 61.5 Å². The van der Waals surface area contributed by atoms with E-state index in [-0.39, 0.29) is 5.79 Å². The lowest BCUT2D eigenvalue weighted by Gasteiger charge is -2.27. The number of fused-ring (bicyclic) bond motifs is 1. The van der Waals surface area contributed by atoms with E-state index in [0.29, 0.717) is 0 Å². The monoisotopic (exact) mass is 352 g/mol. The summed E-state index contributed by atoms with van der Waals surface area (Å²) >= 11 is 3.70. The van der Waals surface area contributed by atoms with Crippen LogP contribution in [0, 0.1) is 0 Å². The number of benzene rings is 1. The summed E-state index contributed by atoms with van der Waals surface area (Å²) in [5.41, 5.74) is 1.29. The molecule has 4 rings (SSSR count). The van der Waals surface area contributed by atoms with Crippen molar-refractivity contribution in [2.24, 2.45) is 0 Å². The number of halogens is 1. The molecule has 1 spiro atoms. The predicted molar refractivity (Wildman–Crippen MR) is 84.7 cm³/mol. The molecular formula is C16H21BrN2O2. The first-order valence-corrected chi connectivity index (χ1v) is 8.67. The fourth-order valence-corrected chi connectivity index (χ4v) is 3.96. The van der Waals surface area contributed by atoms with E-state index in [1.165, 1.54) is 18.4 Å². The second-order valence-electron chi connectivity index (χ2n) is 6.24. The van der Waals surface area contributed by atoms with Gasteiger partial charge in [-0.05, 0) is 30.5 Å². The maximum absolute atomic E-state index is 6.17. The Balaban J connectivity index is 1.54. The van der Waals surface area contributed by atoms with Crippen LogP contribution in [-0.4, -0.2) is 36.9 Å². The quantitative estimate of drug-likeness (QED) is 0.887. The van der Waals surface area contributed by atoms with Gasteiger partial charge in [-0.2, -0.15) is 0 Å². The van der Waals surface area contributed by atoms with Crippen LogP contribution in [-0.2, 0) is 6.54 Å². The third kappa shape index (κ3) is 2.67. The van der Waals surface area contributed by atoms with Gasteiger partial charge in [0.1, 0.15) is 0 Å². The van der Waals surface area contributed by atoms with Gasteiger partial charge < -0.3 is 14.8 Å². The van der Waals surface area contributed by atoms with Crippen LogP contribution in [0.3, 0.4) is 0 Å². The van der Waals surface area contributed by atoms with Crippen molar-refractivity contribution in [3.05, 3.63) is 22.2 Å². The fraction of sp³-hybridized carbons (Fsp3) is 0.625. The average molecular weight is 353 g/mol. The molecule has 0 amide bonds. The van der Waals surface area contributed by atoms with Gasteiger partial charge in [0, 0.05) is 50.0 Å². The molecule has 1 aromatic rings. The van der Waals surface area contributed by atoms with E-state index in [9.17, 15) is 0 Å². The van der Waals surface area contributed by atoms with Gasteiger partial charge in [-0.3, -0.25) is 4.90 Å². The van der Waals surface area contributed by atoms with Crippen LogP contribution in [0.2, 0.25) is 0 Å². The molecule has 0 bridgehead atoms. The third-order valence-corrected chi connectivity index (χ3v) is 5.41. The van der Waals surface area contributed by atoms with Gasteiger partial charge in [0.25, 0.3) is 5.79 Å². The molecule has 2 aliphatic heterocycles. The van der Waals surface area contributed by atoms with Crippen LogP contribution in [0.4, 0.5) is 0 Å². The molecular weight excluding hydrogens is 332 g/mol. The number of piperazine rings is 1. The van der Waals surface area contributed by atoms with Crippen molar-refractivity contribution in [3.8, 4) is 11.5 Å². The van der Waals surface area contributed by atoms with Gasteiger partial charge in [0.15, 0.2) is 11.5 Å². The van der Waals surface area contributed by atoms with E-state index in [4.69, 9.17) is 9.47 Å².